The lowest BCUT2D eigenvalue weighted by Crippen LogP contribution is -2.51. The molecule has 0 bridgehead atoms. The summed E-state index contributed by atoms with van der Waals surface area (Å²) in [4.78, 5) is 10.5. The van der Waals surface area contributed by atoms with E-state index in [9.17, 15) is 9.18 Å². The highest BCUT2D eigenvalue weighted by Gasteiger charge is 2.39. The van der Waals surface area contributed by atoms with Crippen LogP contribution >= 0.6 is 0 Å². The molecule has 0 radical (unpaired) electrons. The number of ether oxygens (including phenoxy) is 1. The predicted octanol–water partition coefficient (Wildman–Crippen LogP) is 2.77. The van der Waals surface area contributed by atoms with E-state index in [1.54, 1.807) is 0 Å². The lowest BCUT2D eigenvalue weighted by Gasteiger charge is -2.38. The maximum Gasteiger partial charge on any atom is 0.405 e. The van der Waals surface area contributed by atoms with E-state index in [0.29, 0.717) is 6.61 Å². The van der Waals surface area contributed by atoms with Crippen molar-refractivity contribution in [1.29, 1.82) is 0 Å². The van der Waals surface area contributed by atoms with E-state index in [-0.39, 0.29) is 24.2 Å². The molecule has 1 saturated heterocycles. The van der Waals surface area contributed by atoms with Gasteiger partial charge < -0.3 is 19.6 Å². The summed E-state index contributed by atoms with van der Waals surface area (Å²) in [5.74, 6) is 0. The van der Waals surface area contributed by atoms with Gasteiger partial charge in [0.1, 0.15) is 6.17 Å². The summed E-state index contributed by atoms with van der Waals surface area (Å²) in [6.45, 7) is 11.1. The molecular formula is C13H26FNO4Si. The van der Waals surface area contributed by atoms with E-state index < -0.39 is 26.6 Å². The summed E-state index contributed by atoms with van der Waals surface area (Å²) in [5.41, 5.74) is 0. The quantitative estimate of drug-likeness (QED) is 0.784. The average Bonchev–Trinajstić information content (AvgIpc) is 2.28. The third-order valence-corrected chi connectivity index (χ3v) is 8.68. The molecule has 0 unspecified atom stereocenters. The molecule has 0 aromatic carbocycles. The summed E-state index contributed by atoms with van der Waals surface area (Å²) < 4.78 is 25.4. The van der Waals surface area contributed by atoms with Crippen LogP contribution < -0.4 is 5.32 Å². The second kappa shape index (κ2) is 6.40. The van der Waals surface area contributed by atoms with Crippen molar-refractivity contribution in [3.8, 4) is 0 Å². The minimum absolute atomic E-state index is 0.0546. The van der Waals surface area contributed by atoms with Crippen LogP contribution in [0.2, 0.25) is 18.1 Å². The highest BCUT2D eigenvalue weighted by Crippen LogP contribution is 2.36. The maximum absolute atomic E-state index is 13.9. The SMILES string of the molecule is CC(C)(C)[Si](C)(C)OC[C@@H]1C[C@H](F)[C@@H](NC(=O)O)CO1. The molecule has 2 N–H and O–H groups in total. The fourth-order valence-corrected chi connectivity index (χ4v) is 2.79. The largest absolute Gasteiger partial charge is 0.465 e. The van der Waals surface area contributed by atoms with Gasteiger partial charge >= 0.3 is 6.09 Å². The molecular weight excluding hydrogens is 281 g/mol. The van der Waals surface area contributed by atoms with Crippen molar-refractivity contribution in [2.75, 3.05) is 13.2 Å². The Labute approximate surface area is 121 Å². The molecule has 5 nitrogen and oxygen atoms in total. The Morgan fingerprint density at radius 3 is 2.55 bits per heavy atom. The van der Waals surface area contributed by atoms with E-state index in [2.05, 4.69) is 39.2 Å². The van der Waals surface area contributed by atoms with Crippen LogP contribution in [0.4, 0.5) is 9.18 Å². The van der Waals surface area contributed by atoms with Gasteiger partial charge in [-0.2, -0.15) is 0 Å². The summed E-state index contributed by atoms with van der Waals surface area (Å²) in [5, 5.41) is 10.8. The standard InChI is InChI=1S/C13H26FNO4Si/c1-13(2,3)20(4,5)19-7-9-6-10(14)11(8-18-9)15-12(16)17/h9-11,15H,6-8H2,1-5H3,(H,16,17)/t9-,10-,11-/m0/s1. The minimum atomic E-state index is -1.87. The Morgan fingerprint density at radius 2 is 2.10 bits per heavy atom. The number of carbonyl (C=O) groups is 1. The Bertz CT molecular complexity index is 346. The van der Waals surface area contributed by atoms with Gasteiger partial charge in [0.15, 0.2) is 8.32 Å². The zero-order valence-corrected chi connectivity index (χ0v) is 13.9. The first-order valence-corrected chi connectivity index (χ1v) is 9.83. The molecule has 1 aliphatic heterocycles. The molecule has 0 spiro atoms. The lowest BCUT2D eigenvalue weighted by molar-refractivity contribution is -0.0581. The number of hydrogen-bond acceptors (Lipinski definition) is 3. The zero-order chi connectivity index (χ0) is 15.6. The topological polar surface area (TPSA) is 67.8 Å². The van der Waals surface area contributed by atoms with E-state index in [1.807, 2.05) is 0 Å². The van der Waals surface area contributed by atoms with Crippen molar-refractivity contribution < 1.29 is 23.5 Å². The second-order valence-electron chi connectivity index (χ2n) is 6.83. The molecule has 0 aromatic rings. The normalized spacial score (nSPS) is 28.2. The van der Waals surface area contributed by atoms with Gasteiger partial charge in [0.25, 0.3) is 0 Å². The molecule has 1 amide bonds. The predicted molar refractivity (Wildman–Crippen MR) is 77.4 cm³/mol. The fraction of sp³-hybridized carbons (Fsp3) is 0.923. The number of halogens is 1. The number of alkyl halides is 1. The first-order chi connectivity index (χ1) is 9.03. The van der Waals surface area contributed by atoms with Crippen molar-refractivity contribution >= 4 is 14.4 Å². The van der Waals surface area contributed by atoms with Gasteiger partial charge in [-0.05, 0) is 18.1 Å². The van der Waals surface area contributed by atoms with E-state index >= 15 is 0 Å². The first-order valence-electron chi connectivity index (χ1n) is 6.92. The first kappa shape index (κ1) is 17.4. The highest BCUT2D eigenvalue weighted by atomic mass is 28.4. The van der Waals surface area contributed by atoms with E-state index in [4.69, 9.17) is 14.3 Å². The highest BCUT2D eigenvalue weighted by molar-refractivity contribution is 6.74. The molecule has 3 atom stereocenters. The Morgan fingerprint density at radius 1 is 1.50 bits per heavy atom. The average molecular weight is 307 g/mol. The number of amides is 1. The maximum atomic E-state index is 13.9. The summed E-state index contributed by atoms with van der Waals surface area (Å²) in [6, 6.07) is -0.781. The lowest BCUT2D eigenvalue weighted by atomic mass is 10.0. The molecule has 1 heterocycles. The summed E-state index contributed by atoms with van der Waals surface area (Å²) >= 11 is 0. The van der Waals surface area contributed by atoms with Crippen LogP contribution in [0.1, 0.15) is 27.2 Å². The van der Waals surface area contributed by atoms with Gasteiger partial charge in [-0.25, -0.2) is 9.18 Å². The second-order valence-corrected chi connectivity index (χ2v) is 11.6. The molecule has 118 valence electrons. The molecule has 1 fully saturated rings. The Kier molecular flexibility index (Phi) is 5.57. The van der Waals surface area contributed by atoms with Gasteiger partial charge in [-0.15, -0.1) is 0 Å². The molecule has 0 saturated carbocycles. The van der Waals surface area contributed by atoms with Crippen LogP contribution in [-0.4, -0.2) is 51.0 Å². The van der Waals surface area contributed by atoms with Crippen molar-refractivity contribution in [1.82, 2.24) is 5.32 Å². The van der Waals surface area contributed by atoms with Gasteiger partial charge in [0.2, 0.25) is 0 Å². The third-order valence-electron chi connectivity index (χ3n) is 4.18. The molecule has 0 aliphatic carbocycles. The van der Waals surface area contributed by atoms with E-state index in [0.717, 1.165) is 0 Å². The smallest absolute Gasteiger partial charge is 0.405 e. The van der Waals surface area contributed by atoms with Gasteiger partial charge in [0.05, 0.1) is 25.4 Å². The number of rotatable bonds is 4. The molecule has 1 rings (SSSR count). The fourth-order valence-electron chi connectivity index (χ4n) is 1.75. The Balaban J connectivity index is 2.44. The molecule has 1 aliphatic rings. The Hall–Kier alpha value is -0.663. The van der Waals surface area contributed by atoms with Crippen molar-refractivity contribution in [2.24, 2.45) is 0 Å². The van der Waals surface area contributed by atoms with E-state index in [1.165, 1.54) is 0 Å². The molecule has 20 heavy (non-hydrogen) atoms. The van der Waals surface area contributed by atoms with Crippen molar-refractivity contribution in [2.45, 2.75) is 63.6 Å². The van der Waals surface area contributed by atoms with Crippen LogP contribution in [0.5, 0.6) is 0 Å². The van der Waals surface area contributed by atoms with Crippen LogP contribution in [0.3, 0.4) is 0 Å². The van der Waals surface area contributed by atoms with Gasteiger partial charge in [0, 0.05) is 6.42 Å². The zero-order valence-electron chi connectivity index (χ0n) is 12.9. The van der Waals surface area contributed by atoms with Crippen molar-refractivity contribution in [3.05, 3.63) is 0 Å². The van der Waals surface area contributed by atoms with Gasteiger partial charge in [-0.3, -0.25) is 0 Å². The van der Waals surface area contributed by atoms with Crippen molar-refractivity contribution in [3.63, 3.8) is 0 Å². The number of nitrogens with one attached hydrogen (secondary N) is 1. The third kappa shape index (κ3) is 4.71. The monoisotopic (exact) mass is 307 g/mol. The molecule has 0 aromatic heterocycles. The summed E-state index contributed by atoms with van der Waals surface area (Å²) in [6.07, 6.45) is -2.59. The van der Waals surface area contributed by atoms with Crippen LogP contribution in [0, 0.1) is 0 Å². The van der Waals surface area contributed by atoms with Crippen LogP contribution in [-0.2, 0) is 9.16 Å². The summed E-state index contributed by atoms with van der Waals surface area (Å²) in [7, 11) is -1.87. The van der Waals surface area contributed by atoms with Crippen LogP contribution in [0.25, 0.3) is 0 Å². The molecule has 7 heteroatoms. The van der Waals surface area contributed by atoms with Gasteiger partial charge in [-0.1, -0.05) is 20.8 Å². The number of carboxylic acid groups (broad SMARTS) is 1. The van der Waals surface area contributed by atoms with Crippen LogP contribution in [0.15, 0.2) is 0 Å². The number of hydrogen-bond donors (Lipinski definition) is 2. The minimum Gasteiger partial charge on any atom is -0.465 e.